The molecule has 0 saturated heterocycles. The van der Waals surface area contributed by atoms with Crippen molar-refractivity contribution in [3.05, 3.63) is 40.4 Å². The first-order valence-electron chi connectivity index (χ1n) is 4.08. The molecule has 1 aromatic carbocycles. The van der Waals surface area contributed by atoms with Gasteiger partial charge in [-0.3, -0.25) is 0 Å². The molecule has 5 heteroatoms. The van der Waals surface area contributed by atoms with Gasteiger partial charge in [0, 0.05) is 5.57 Å². The summed E-state index contributed by atoms with van der Waals surface area (Å²) in [6, 6.07) is 4.79. The predicted molar refractivity (Wildman–Crippen MR) is 61.0 cm³/mol. The van der Waals surface area contributed by atoms with Gasteiger partial charge in [0.05, 0.1) is 15.7 Å². The Morgan fingerprint density at radius 3 is 2.60 bits per heavy atom. The van der Waals surface area contributed by atoms with E-state index in [9.17, 15) is 4.79 Å². The van der Waals surface area contributed by atoms with Crippen molar-refractivity contribution in [3.63, 3.8) is 0 Å². The Morgan fingerprint density at radius 2 is 2.07 bits per heavy atom. The number of anilines is 1. The molecule has 15 heavy (non-hydrogen) atoms. The molecule has 1 aromatic rings. The quantitative estimate of drug-likeness (QED) is 0.655. The minimum atomic E-state index is -0.527. The molecule has 0 heterocycles. The Bertz CT molecular complexity index is 404. The van der Waals surface area contributed by atoms with Crippen LogP contribution in [0.1, 0.15) is 6.92 Å². The standard InChI is InChI=1S/C10H9Cl2NO2/c1-6(2)10(14)15-13-7-3-4-8(11)9(12)5-7/h3-5,13H,1H2,2H3. The van der Waals surface area contributed by atoms with Crippen LogP contribution in [0.3, 0.4) is 0 Å². The molecule has 1 N–H and O–H groups in total. The van der Waals surface area contributed by atoms with Crippen LogP contribution in [0.15, 0.2) is 30.4 Å². The van der Waals surface area contributed by atoms with Gasteiger partial charge >= 0.3 is 5.97 Å². The van der Waals surface area contributed by atoms with Crippen molar-refractivity contribution in [1.82, 2.24) is 0 Å². The van der Waals surface area contributed by atoms with Crippen molar-refractivity contribution in [2.45, 2.75) is 6.92 Å². The molecule has 0 aliphatic rings. The lowest BCUT2D eigenvalue weighted by Crippen LogP contribution is -2.10. The molecule has 0 saturated carbocycles. The van der Waals surface area contributed by atoms with Gasteiger partial charge in [-0.05, 0) is 25.1 Å². The molecule has 0 bridgehead atoms. The Hall–Kier alpha value is -1.19. The van der Waals surface area contributed by atoms with Crippen LogP contribution in [0.2, 0.25) is 10.0 Å². The molecule has 0 amide bonds. The van der Waals surface area contributed by atoms with Crippen molar-refractivity contribution < 1.29 is 9.63 Å². The summed E-state index contributed by atoms with van der Waals surface area (Å²) in [5.74, 6) is -0.527. The fraction of sp³-hybridized carbons (Fsp3) is 0.100. The highest BCUT2D eigenvalue weighted by Crippen LogP contribution is 2.24. The van der Waals surface area contributed by atoms with Crippen LogP contribution in [0.25, 0.3) is 0 Å². The summed E-state index contributed by atoms with van der Waals surface area (Å²) < 4.78 is 0. The monoisotopic (exact) mass is 245 g/mol. The lowest BCUT2D eigenvalue weighted by molar-refractivity contribution is -0.136. The van der Waals surface area contributed by atoms with Crippen LogP contribution in [-0.4, -0.2) is 5.97 Å². The summed E-state index contributed by atoms with van der Waals surface area (Å²) in [5.41, 5.74) is 3.29. The second-order valence-corrected chi connectivity index (χ2v) is 3.72. The number of carbonyl (C=O) groups excluding carboxylic acids is 1. The highest BCUT2D eigenvalue weighted by molar-refractivity contribution is 6.42. The molecular weight excluding hydrogens is 237 g/mol. The number of benzene rings is 1. The van der Waals surface area contributed by atoms with Crippen LogP contribution in [-0.2, 0) is 9.63 Å². The first kappa shape index (κ1) is 11.9. The van der Waals surface area contributed by atoms with Gasteiger partial charge in [0.1, 0.15) is 0 Å². The highest BCUT2D eigenvalue weighted by atomic mass is 35.5. The first-order valence-corrected chi connectivity index (χ1v) is 4.84. The number of rotatable bonds is 3. The third-order valence-corrected chi connectivity index (χ3v) is 2.27. The molecule has 0 aromatic heterocycles. The van der Waals surface area contributed by atoms with Gasteiger partial charge in [0.25, 0.3) is 0 Å². The molecule has 3 nitrogen and oxygen atoms in total. The van der Waals surface area contributed by atoms with Crippen LogP contribution in [0, 0.1) is 0 Å². The molecule has 80 valence electrons. The van der Waals surface area contributed by atoms with Gasteiger partial charge in [-0.2, -0.15) is 0 Å². The molecule has 0 spiro atoms. The second-order valence-electron chi connectivity index (χ2n) is 2.90. The summed E-state index contributed by atoms with van der Waals surface area (Å²) in [6.07, 6.45) is 0. The average molecular weight is 246 g/mol. The molecule has 0 aliphatic carbocycles. The van der Waals surface area contributed by atoms with Crippen LogP contribution < -0.4 is 5.48 Å². The van der Waals surface area contributed by atoms with E-state index < -0.39 is 5.97 Å². The van der Waals surface area contributed by atoms with Crippen molar-refractivity contribution in [2.24, 2.45) is 0 Å². The zero-order valence-electron chi connectivity index (χ0n) is 8.01. The Morgan fingerprint density at radius 1 is 1.40 bits per heavy atom. The normalized spacial score (nSPS) is 9.53. The molecule has 0 aliphatic heterocycles. The third kappa shape index (κ3) is 3.46. The van der Waals surface area contributed by atoms with E-state index in [4.69, 9.17) is 28.0 Å². The summed E-state index contributed by atoms with van der Waals surface area (Å²) in [4.78, 5) is 15.7. The summed E-state index contributed by atoms with van der Waals surface area (Å²) in [5, 5.41) is 0.821. The van der Waals surface area contributed by atoms with Crippen LogP contribution in [0.4, 0.5) is 5.69 Å². The van der Waals surface area contributed by atoms with Gasteiger partial charge in [0.15, 0.2) is 0 Å². The van der Waals surface area contributed by atoms with Crippen molar-refractivity contribution in [1.29, 1.82) is 0 Å². The summed E-state index contributed by atoms with van der Waals surface area (Å²) >= 11 is 11.5. The van der Waals surface area contributed by atoms with Crippen molar-refractivity contribution in [3.8, 4) is 0 Å². The van der Waals surface area contributed by atoms with Gasteiger partial charge in [-0.1, -0.05) is 29.8 Å². The van der Waals surface area contributed by atoms with E-state index in [-0.39, 0.29) is 0 Å². The summed E-state index contributed by atoms with van der Waals surface area (Å²) in [7, 11) is 0. The molecule has 1 rings (SSSR count). The molecule has 0 radical (unpaired) electrons. The van der Waals surface area contributed by atoms with E-state index in [2.05, 4.69) is 12.1 Å². The maximum Gasteiger partial charge on any atom is 0.357 e. The van der Waals surface area contributed by atoms with Crippen LogP contribution >= 0.6 is 23.2 Å². The van der Waals surface area contributed by atoms with E-state index in [1.807, 2.05) is 0 Å². The van der Waals surface area contributed by atoms with Gasteiger partial charge in [0.2, 0.25) is 0 Å². The summed E-state index contributed by atoms with van der Waals surface area (Å²) in [6.45, 7) is 4.99. The fourth-order valence-electron chi connectivity index (χ4n) is 0.752. The minimum Gasteiger partial charge on any atom is -0.338 e. The van der Waals surface area contributed by atoms with E-state index in [0.29, 0.717) is 21.3 Å². The second kappa shape index (κ2) is 5.05. The smallest absolute Gasteiger partial charge is 0.338 e. The topological polar surface area (TPSA) is 38.3 Å². The average Bonchev–Trinajstić information content (AvgIpc) is 2.19. The maximum atomic E-state index is 11.0. The largest absolute Gasteiger partial charge is 0.357 e. The third-order valence-electron chi connectivity index (χ3n) is 1.53. The minimum absolute atomic E-state index is 0.308. The predicted octanol–water partition coefficient (Wildman–Crippen LogP) is 3.44. The SMILES string of the molecule is C=C(C)C(=O)ONc1ccc(Cl)c(Cl)c1. The number of nitrogens with one attached hydrogen (secondary N) is 1. The van der Waals surface area contributed by atoms with Crippen LogP contribution in [0.5, 0.6) is 0 Å². The highest BCUT2D eigenvalue weighted by Gasteiger charge is 2.04. The zero-order chi connectivity index (χ0) is 11.4. The molecule has 0 unspecified atom stereocenters. The van der Waals surface area contributed by atoms with Crippen molar-refractivity contribution in [2.75, 3.05) is 5.48 Å². The lowest BCUT2D eigenvalue weighted by atomic mass is 10.3. The number of carbonyl (C=O) groups is 1. The first-order chi connectivity index (χ1) is 7.00. The van der Waals surface area contributed by atoms with Gasteiger partial charge in [-0.25, -0.2) is 10.3 Å². The lowest BCUT2D eigenvalue weighted by Gasteiger charge is -2.06. The Labute approximate surface area is 97.6 Å². The van der Waals surface area contributed by atoms with E-state index in [1.165, 1.54) is 0 Å². The number of hydrogen-bond acceptors (Lipinski definition) is 3. The fourth-order valence-corrected chi connectivity index (χ4v) is 1.05. The molecular formula is C10H9Cl2NO2. The molecule has 0 fully saturated rings. The van der Waals surface area contributed by atoms with Gasteiger partial charge in [-0.15, -0.1) is 0 Å². The number of halogens is 2. The van der Waals surface area contributed by atoms with E-state index in [1.54, 1.807) is 25.1 Å². The van der Waals surface area contributed by atoms with E-state index >= 15 is 0 Å². The number of hydrogen-bond donors (Lipinski definition) is 1. The Balaban J connectivity index is 2.62. The Kier molecular flexibility index (Phi) is 4.00. The van der Waals surface area contributed by atoms with Crippen molar-refractivity contribution >= 4 is 34.9 Å². The van der Waals surface area contributed by atoms with E-state index in [0.717, 1.165) is 0 Å². The van der Waals surface area contributed by atoms with Gasteiger partial charge < -0.3 is 4.84 Å². The maximum absolute atomic E-state index is 11.0. The zero-order valence-corrected chi connectivity index (χ0v) is 9.52. The molecule has 0 atom stereocenters.